The average molecular weight is 299 g/mol. The molecule has 0 saturated carbocycles. The van der Waals surface area contributed by atoms with Gasteiger partial charge in [0.2, 0.25) is 0 Å². The minimum atomic E-state index is -3.46. The van der Waals surface area contributed by atoms with E-state index in [1.165, 1.54) is 0 Å². The molecule has 0 unspecified atom stereocenters. The van der Waals surface area contributed by atoms with Crippen molar-refractivity contribution in [2.45, 2.75) is 4.90 Å². The molecule has 0 spiro atoms. The first kappa shape index (κ1) is 13.6. The number of fused-ring (bicyclic) bond motifs is 1. The predicted octanol–water partition coefficient (Wildman–Crippen LogP) is 2.50. The van der Waals surface area contributed by atoms with Crippen molar-refractivity contribution in [1.82, 2.24) is 0 Å². The SMILES string of the molecule is O=C(Nc1ccccc1)C1=Cc2ccccc2S(=O)(=O)C1. The molecule has 1 N–H and O–H groups in total. The molecule has 0 aromatic heterocycles. The van der Waals surface area contributed by atoms with Crippen molar-refractivity contribution in [1.29, 1.82) is 0 Å². The van der Waals surface area contributed by atoms with E-state index in [0.29, 0.717) is 11.3 Å². The highest BCUT2D eigenvalue weighted by molar-refractivity contribution is 7.91. The minimum Gasteiger partial charge on any atom is -0.322 e. The minimum absolute atomic E-state index is 0.248. The van der Waals surface area contributed by atoms with Crippen LogP contribution in [0, 0.1) is 0 Å². The zero-order valence-corrected chi connectivity index (χ0v) is 11.9. The number of benzene rings is 2. The molecule has 1 heterocycles. The zero-order valence-electron chi connectivity index (χ0n) is 11.1. The molecule has 21 heavy (non-hydrogen) atoms. The lowest BCUT2D eigenvalue weighted by Crippen LogP contribution is -2.24. The second-order valence-electron chi connectivity index (χ2n) is 4.79. The summed E-state index contributed by atoms with van der Waals surface area (Å²) in [6.07, 6.45) is 1.63. The van der Waals surface area contributed by atoms with Gasteiger partial charge in [-0.2, -0.15) is 0 Å². The van der Waals surface area contributed by atoms with Gasteiger partial charge in [0, 0.05) is 11.3 Å². The standard InChI is InChI=1S/C16H13NO3S/c18-16(17-14-7-2-1-3-8-14)13-10-12-6-4-5-9-15(12)21(19,20)11-13/h1-10H,11H2,(H,17,18). The van der Waals surface area contributed by atoms with Crippen LogP contribution >= 0.6 is 0 Å². The summed E-state index contributed by atoms with van der Waals surface area (Å²) >= 11 is 0. The Kier molecular flexibility index (Phi) is 3.35. The number of nitrogens with one attached hydrogen (secondary N) is 1. The van der Waals surface area contributed by atoms with E-state index < -0.39 is 9.84 Å². The van der Waals surface area contributed by atoms with E-state index in [-0.39, 0.29) is 22.1 Å². The molecule has 4 nitrogen and oxygen atoms in total. The number of hydrogen-bond acceptors (Lipinski definition) is 3. The van der Waals surface area contributed by atoms with Crippen LogP contribution < -0.4 is 5.32 Å². The summed E-state index contributed by atoms with van der Waals surface area (Å²) in [6.45, 7) is 0. The third-order valence-electron chi connectivity index (χ3n) is 3.25. The number of carbonyl (C=O) groups excluding carboxylic acids is 1. The van der Waals surface area contributed by atoms with E-state index in [1.807, 2.05) is 6.07 Å². The lowest BCUT2D eigenvalue weighted by Gasteiger charge is -2.16. The maximum atomic E-state index is 12.2. The van der Waals surface area contributed by atoms with Crippen molar-refractivity contribution in [2.75, 3.05) is 11.1 Å². The molecule has 2 aromatic carbocycles. The van der Waals surface area contributed by atoms with E-state index >= 15 is 0 Å². The molecule has 1 aliphatic rings. The summed E-state index contributed by atoms with van der Waals surface area (Å²) in [6, 6.07) is 15.6. The maximum absolute atomic E-state index is 12.2. The molecule has 2 aromatic rings. The van der Waals surface area contributed by atoms with Crippen molar-refractivity contribution in [3.8, 4) is 0 Å². The Morgan fingerprint density at radius 3 is 2.38 bits per heavy atom. The highest BCUT2D eigenvalue weighted by Crippen LogP contribution is 2.27. The molecule has 0 aliphatic carbocycles. The highest BCUT2D eigenvalue weighted by atomic mass is 32.2. The van der Waals surface area contributed by atoms with E-state index in [0.717, 1.165) is 0 Å². The molecule has 0 atom stereocenters. The number of amides is 1. The van der Waals surface area contributed by atoms with Crippen LogP contribution in [0.1, 0.15) is 5.56 Å². The Morgan fingerprint density at radius 1 is 0.952 bits per heavy atom. The van der Waals surface area contributed by atoms with E-state index in [4.69, 9.17) is 0 Å². The van der Waals surface area contributed by atoms with Crippen molar-refractivity contribution in [3.63, 3.8) is 0 Å². The molecule has 0 fully saturated rings. The van der Waals surface area contributed by atoms with Gasteiger partial charge in [0.1, 0.15) is 0 Å². The van der Waals surface area contributed by atoms with E-state index in [2.05, 4.69) is 5.32 Å². The number of hydrogen-bond donors (Lipinski definition) is 1. The number of para-hydroxylation sites is 1. The molecule has 5 heteroatoms. The molecular weight excluding hydrogens is 286 g/mol. The Hall–Kier alpha value is -2.40. The van der Waals surface area contributed by atoms with Crippen molar-refractivity contribution in [3.05, 3.63) is 65.7 Å². The van der Waals surface area contributed by atoms with Gasteiger partial charge in [0.25, 0.3) is 5.91 Å². The van der Waals surface area contributed by atoms with Crippen LogP contribution in [0.4, 0.5) is 5.69 Å². The molecule has 1 amide bonds. The number of carbonyl (C=O) groups is 1. The average Bonchev–Trinajstić information content (AvgIpc) is 2.47. The summed E-state index contributed by atoms with van der Waals surface area (Å²) in [7, 11) is -3.46. The van der Waals surface area contributed by atoms with Gasteiger partial charge in [-0.15, -0.1) is 0 Å². The van der Waals surface area contributed by atoms with Gasteiger partial charge in [-0.25, -0.2) is 8.42 Å². The second kappa shape index (κ2) is 5.18. The number of rotatable bonds is 2. The normalized spacial score (nSPS) is 15.7. The third kappa shape index (κ3) is 2.73. The largest absolute Gasteiger partial charge is 0.322 e. The third-order valence-corrected chi connectivity index (χ3v) is 4.99. The summed E-state index contributed by atoms with van der Waals surface area (Å²) < 4.78 is 24.4. The van der Waals surface area contributed by atoms with Crippen molar-refractivity contribution < 1.29 is 13.2 Å². The van der Waals surface area contributed by atoms with Crippen molar-refractivity contribution >= 4 is 27.5 Å². The van der Waals surface area contributed by atoms with E-state index in [9.17, 15) is 13.2 Å². The van der Waals surface area contributed by atoms with Gasteiger partial charge in [-0.3, -0.25) is 4.79 Å². The van der Waals surface area contributed by atoms with Crippen LogP contribution in [0.5, 0.6) is 0 Å². The monoisotopic (exact) mass is 299 g/mol. The Balaban J connectivity index is 1.94. The van der Waals surface area contributed by atoms with Crippen LogP contribution in [0.2, 0.25) is 0 Å². The van der Waals surface area contributed by atoms with Gasteiger partial charge < -0.3 is 5.32 Å². The van der Waals surface area contributed by atoms with Gasteiger partial charge in [0.15, 0.2) is 9.84 Å². The Bertz CT molecular complexity index is 824. The summed E-state index contributed by atoms with van der Waals surface area (Å²) in [5.74, 6) is -0.665. The fourth-order valence-corrected chi connectivity index (χ4v) is 3.81. The summed E-state index contributed by atoms with van der Waals surface area (Å²) in [5.41, 5.74) is 1.44. The van der Waals surface area contributed by atoms with Gasteiger partial charge >= 0.3 is 0 Å². The fraction of sp³-hybridized carbons (Fsp3) is 0.0625. The molecule has 3 rings (SSSR count). The first-order valence-electron chi connectivity index (χ1n) is 6.45. The fourth-order valence-electron chi connectivity index (χ4n) is 2.26. The van der Waals surface area contributed by atoms with Gasteiger partial charge in [-0.1, -0.05) is 36.4 Å². The van der Waals surface area contributed by atoms with Crippen LogP contribution in [0.25, 0.3) is 6.08 Å². The molecule has 1 aliphatic heterocycles. The predicted molar refractivity (Wildman–Crippen MR) is 81.5 cm³/mol. The molecule has 0 saturated heterocycles. The lowest BCUT2D eigenvalue weighted by atomic mass is 10.1. The van der Waals surface area contributed by atoms with Crippen LogP contribution in [0.15, 0.2) is 65.1 Å². The topological polar surface area (TPSA) is 63.2 Å². The number of sulfone groups is 1. The molecule has 0 bridgehead atoms. The maximum Gasteiger partial charge on any atom is 0.252 e. The smallest absolute Gasteiger partial charge is 0.252 e. The zero-order chi connectivity index (χ0) is 14.9. The first-order chi connectivity index (χ1) is 10.1. The van der Waals surface area contributed by atoms with Crippen LogP contribution in [-0.4, -0.2) is 20.1 Å². The highest BCUT2D eigenvalue weighted by Gasteiger charge is 2.27. The van der Waals surface area contributed by atoms with Crippen LogP contribution in [0.3, 0.4) is 0 Å². The van der Waals surface area contributed by atoms with E-state index in [1.54, 1.807) is 54.6 Å². The van der Waals surface area contributed by atoms with Crippen molar-refractivity contribution in [2.24, 2.45) is 0 Å². The van der Waals surface area contributed by atoms with Crippen LogP contribution in [-0.2, 0) is 14.6 Å². The quantitative estimate of drug-likeness (QED) is 0.926. The second-order valence-corrected chi connectivity index (χ2v) is 6.74. The summed E-state index contributed by atoms with van der Waals surface area (Å²) in [4.78, 5) is 12.5. The molecular formula is C16H13NO3S. The Morgan fingerprint density at radius 2 is 1.62 bits per heavy atom. The van der Waals surface area contributed by atoms with Gasteiger partial charge in [-0.05, 0) is 29.8 Å². The lowest BCUT2D eigenvalue weighted by molar-refractivity contribution is -0.112. The summed E-state index contributed by atoms with van der Waals surface area (Å²) in [5, 5.41) is 2.71. The Labute approximate surface area is 123 Å². The molecule has 0 radical (unpaired) electrons. The number of anilines is 1. The molecule has 106 valence electrons. The first-order valence-corrected chi connectivity index (χ1v) is 8.10. The van der Waals surface area contributed by atoms with Gasteiger partial charge in [0.05, 0.1) is 10.6 Å².